The lowest BCUT2D eigenvalue weighted by Crippen LogP contribution is -2.20. The van der Waals surface area contributed by atoms with E-state index in [1.165, 1.54) is 12.1 Å². The molecule has 0 bridgehead atoms. The van der Waals surface area contributed by atoms with Gasteiger partial charge < -0.3 is 4.74 Å². The van der Waals surface area contributed by atoms with Crippen LogP contribution in [0.1, 0.15) is 0 Å². The highest BCUT2D eigenvalue weighted by molar-refractivity contribution is 7.89. The molecule has 0 amide bonds. The normalized spacial score (nSPS) is 11.8. The number of hydrogen-bond donors (Lipinski definition) is 1. The van der Waals surface area contributed by atoms with E-state index in [4.69, 9.17) is 5.14 Å². The number of halogens is 4. The summed E-state index contributed by atoms with van der Waals surface area (Å²) >= 11 is 0. The summed E-state index contributed by atoms with van der Waals surface area (Å²) < 4.78 is 60.8. The van der Waals surface area contributed by atoms with E-state index in [1.54, 1.807) is 0 Å². The van der Waals surface area contributed by atoms with E-state index in [-0.39, 0.29) is 12.4 Å². The van der Waals surface area contributed by atoms with Crippen molar-refractivity contribution >= 4 is 22.4 Å². The van der Waals surface area contributed by atoms with Crippen LogP contribution in [0.3, 0.4) is 0 Å². The van der Waals surface area contributed by atoms with Gasteiger partial charge in [0, 0.05) is 0 Å². The number of primary sulfonamides is 1. The van der Waals surface area contributed by atoms with Crippen molar-refractivity contribution in [1.29, 1.82) is 0 Å². The number of para-hydroxylation sites is 1. The van der Waals surface area contributed by atoms with Crippen molar-refractivity contribution in [1.82, 2.24) is 0 Å². The van der Waals surface area contributed by atoms with Crippen molar-refractivity contribution in [2.24, 2.45) is 5.14 Å². The van der Waals surface area contributed by atoms with E-state index in [2.05, 4.69) is 4.74 Å². The van der Waals surface area contributed by atoms with Crippen molar-refractivity contribution in [3.63, 3.8) is 0 Å². The summed E-state index contributed by atoms with van der Waals surface area (Å²) in [6.45, 7) is 0. The van der Waals surface area contributed by atoms with Crippen LogP contribution in [0.2, 0.25) is 0 Å². The molecule has 0 aromatic heterocycles. The maximum atomic E-state index is 11.9. The second-order valence-corrected chi connectivity index (χ2v) is 4.07. The molecule has 2 N–H and O–H groups in total. The lowest BCUT2D eigenvalue weighted by molar-refractivity contribution is -0.275. The van der Waals surface area contributed by atoms with Gasteiger partial charge in [-0.2, -0.15) is 0 Å². The third-order valence-electron chi connectivity index (χ3n) is 1.38. The molecule has 0 saturated heterocycles. The Bertz CT molecular complexity index is 460. The smallest absolute Gasteiger partial charge is 0.404 e. The van der Waals surface area contributed by atoms with Gasteiger partial charge in [0.25, 0.3) is 0 Å². The molecule has 0 aliphatic carbocycles. The molecule has 1 aromatic carbocycles. The van der Waals surface area contributed by atoms with Gasteiger partial charge in [0.1, 0.15) is 10.6 Å². The molecule has 1 aromatic rings. The van der Waals surface area contributed by atoms with Crippen LogP contribution in [0.15, 0.2) is 29.2 Å². The van der Waals surface area contributed by atoms with Crippen LogP contribution in [-0.2, 0) is 10.0 Å². The van der Waals surface area contributed by atoms with E-state index in [0.29, 0.717) is 0 Å². The SMILES string of the molecule is Cl.NS(=O)(=O)c1ccccc1OC(F)(F)F. The van der Waals surface area contributed by atoms with Crippen LogP contribution < -0.4 is 9.88 Å². The Balaban J connectivity index is 0.00000225. The van der Waals surface area contributed by atoms with Gasteiger partial charge in [0.2, 0.25) is 10.0 Å². The zero-order chi connectivity index (χ0) is 11.7. The average Bonchev–Trinajstić information content (AvgIpc) is 1.99. The molecule has 4 nitrogen and oxygen atoms in total. The van der Waals surface area contributed by atoms with Gasteiger partial charge in [-0.25, -0.2) is 13.6 Å². The van der Waals surface area contributed by atoms with Gasteiger partial charge in [-0.3, -0.25) is 0 Å². The van der Waals surface area contributed by atoms with Gasteiger partial charge in [-0.15, -0.1) is 25.6 Å². The number of hydrogen-bond acceptors (Lipinski definition) is 3. The van der Waals surface area contributed by atoms with E-state index >= 15 is 0 Å². The van der Waals surface area contributed by atoms with Crippen molar-refractivity contribution in [2.75, 3.05) is 0 Å². The lowest BCUT2D eigenvalue weighted by Gasteiger charge is -2.11. The molecule has 0 unspecified atom stereocenters. The summed E-state index contributed by atoms with van der Waals surface area (Å²) in [6.07, 6.45) is -4.96. The van der Waals surface area contributed by atoms with Crippen LogP contribution >= 0.6 is 12.4 Å². The summed E-state index contributed by atoms with van der Waals surface area (Å²) in [7, 11) is -4.23. The maximum Gasteiger partial charge on any atom is 0.573 e. The number of nitrogens with two attached hydrogens (primary N) is 1. The summed E-state index contributed by atoms with van der Waals surface area (Å²) in [5, 5.41) is 4.70. The Morgan fingerprint density at radius 2 is 1.69 bits per heavy atom. The number of rotatable bonds is 2. The monoisotopic (exact) mass is 277 g/mol. The largest absolute Gasteiger partial charge is 0.573 e. The number of sulfonamides is 1. The molecular formula is C7H7ClF3NO3S. The summed E-state index contributed by atoms with van der Waals surface area (Å²) in [5.74, 6) is -0.840. The first-order valence-corrected chi connectivity index (χ1v) is 5.12. The first kappa shape index (κ1) is 15.0. The Morgan fingerprint density at radius 1 is 1.19 bits per heavy atom. The first-order valence-electron chi connectivity index (χ1n) is 3.58. The fourth-order valence-corrected chi connectivity index (χ4v) is 1.55. The van der Waals surface area contributed by atoms with Gasteiger partial charge in [-0.1, -0.05) is 12.1 Å². The second kappa shape index (κ2) is 4.89. The van der Waals surface area contributed by atoms with Crippen molar-refractivity contribution < 1.29 is 26.3 Å². The first-order chi connectivity index (χ1) is 6.70. The molecular weight excluding hydrogens is 271 g/mol. The maximum absolute atomic E-state index is 11.9. The predicted octanol–water partition coefficient (Wildman–Crippen LogP) is 1.65. The highest BCUT2D eigenvalue weighted by atomic mass is 35.5. The van der Waals surface area contributed by atoms with Crippen molar-refractivity contribution in [3.8, 4) is 5.75 Å². The third-order valence-corrected chi connectivity index (χ3v) is 2.33. The fraction of sp³-hybridized carbons (Fsp3) is 0.143. The second-order valence-electron chi connectivity index (χ2n) is 2.54. The van der Waals surface area contributed by atoms with Crippen molar-refractivity contribution in [3.05, 3.63) is 24.3 Å². The molecule has 0 radical (unpaired) electrons. The topological polar surface area (TPSA) is 69.4 Å². The Labute approximate surface area is 95.7 Å². The Hall–Kier alpha value is -0.990. The highest BCUT2D eigenvalue weighted by Crippen LogP contribution is 2.28. The van der Waals surface area contributed by atoms with Crippen LogP contribution in [0.4, 0.5) is 13.2 Å². The standard InChI is InChI=1S/C7H6F3NO3S.ClH/c8-7(9,10)14-5-3-1-2-4-6(5)15(11,12)13;/h1-4H,(H2,11,12,13);1H. The summed E-state index contributed by atoms with van der Waals surface area (Å²) in [6, 6.07) is 4.24. The number of alkyl halides is 3. The van der Waals surface area contributed by atoms with Crippen LogP contribution in [0, 0.1) is 0 Å². The van der Waals surface area contributed by atoms with E-state index in [1.807, 2.05) is 0 Å². The molecule has 0 aliphatic heterocycles. The van der Waals surface area contributed by atoms with E-state index in [0.717, 1.165) is 12.1 Å². The molecule has 92 valence electrons. The van der Waals surface area contributed by atoms with E-state index < -0.39 is 27.0 Å². The number of ether oxygens (including phenoxy) is 1. The molecule has 0 spiro atoms. The minimum Gasteiger partial charge on any atom is -0.404 e. The molecule has 0 aliphatic rings. The van der Waals surface area contributed by atoms with Gasteiger partial charge in [0.05, 0.1) is 0 Å². The molecule has 0 heterocycles. The molecule has 0 atom stereocenters. The van der Waals surface area contributed by atoms with Crippen LogP contribution in [0.25, 0.3) is 0 Å². The summed E-state index contributed by atoms with van der Waals surface area (Å²) in [4.78, 5) is -0.706. The zero-order valence-electron chi connectivity index (χ0n) is 7.56. The molecule has 1 rings (SSSR count). The zero-order valence-corrected chi connectivity index (χ0v) is 9.19. The highest BCUT2D eigenvalue weighted by Gasteiger charge is 2.33. The molecule has 9 heteroatoms. The predicted molar refractivity (Wildman–Crippen MR) is 51.7 cm³/mol. The molecule has 0 saturated carbocycles. The van der Waals surface area contributed by atoms with Crippen LogP contribution in [0.5, 0.6) is 5.75 Å². The minimum atomic E-state index is -4.96. The Kier molecular flexibility index (Phi) is 4.59. The fourth-order valence-electron chi connectivity index (χ4n) is 0.894. The summed E-state index contributed by atoms with van der Waals surface area (Å²) in [5.41, 5.74) is 0. The average molecular weight is 278 g/mol. The van der Waals surface area contributed by atoms with E-state index in [9.17, 15) is 21.6 Å². The molecule has 0 fully saturated rings. The van der Waals surface area contributed by atoms with Crippen LogP contribution in [-0.4, -0.2) is 14.8 Å². The molecule has 16 heavy (non-hydrogen) atoms. The number of benzene rings is 1. The van der Waals surface area contributed by atoms with Gasteiger partial charge in [0.15, 0.2) is 0 Å². The quantitative estimate of drug-likeness (QED) is 0.894. The minimum absolute atomic E-state index is 0. The van der Waals surface area contributed by atoms with Gasteiger partial charge >= 0.3 is 6.36 Å². The van der Waals surface area contributed by atoms with Crippen molar-refractivity contribution in [2.45, 2.75) is 11.3 Å². The van der Waals surface area contributed by atoms with Gasteiger partial charge in [-0.05, 0) is 12.1 Å². The third kappa shape index (κ3) is 4.25. The Morgan fingerprint density at radius 3 is 2.12 bits per heavy atom. The lowest BCUT2D eigenvalue weighted by atomic mass is 10.3.